The van der Waals surface area contributed by atoms with Crippen LogP contribution in [0.4, 0.5) is 0 Å². The molecule has 1 fully saturated rings. The first-order chi connectivity index (χ1) is 7.91. The first-order valence-corrected chi connectivity index (χ1v) is 5.91. The van der Waals surface area contributed by atoms with Gasteiger partial charge < -0.3 is 14.6 Å². The first-order valence-electron chi connectivity index (χ1n) is 5.91. The molecule has 0 saturated carbocycles. The molecule has 96 valence electrons. The fourth-order valence-corrected chi connectivity index (χ4v) is 2.24. The van der Waals surface area contributed by atoms with Crippen LogP contribution in [0.5, 0.6) is 0 Å². The molecule has 1 N–H and O–H groups in total. The van der Waals surface area contributed by atoms with Gasteiger partial charge in [0.2, 0.25) is 0 Å². The summed E-state index contributed by atoms with van der Waals surface area (Å²) in [6.45, 7) is 4.33. The molecular formula is C11H20BNO4. The lowest BCUT2D eigenvalue weighted by Gasteiger charge is -2.40. The van der Waals surface area contributed by atoms with Crippen molar-refractivity contribution in [3.63, 3.8) is 0 Å². The summed E-state index contributed by atoms with van der Waals surface area (Å²) in [5.74, 6) is -0.276. The zero-order valence-electron chi connectivity index (χ0n) is 10.7. The molecule has 0 atom stereocenters. The summed E-state index contributed by atoms with van der Waals surface area (Å²) in [5.41, 5.74) is -0.836. The minimum absolute atomic E-state index is 0.0669. The summed E-state index contributed by atoms with van der Waals surface area (Å²) < 4.78 is 5.36. The van der Waals surface area contributed by atoms with E-state index in [1.165, 1.54) is 14.0 Å². The van der Waals surface area contributed by atoms with E-state index >= 15 is 0 Å². The van der Waals surface area contributed by atoms with Crippen molar-refractivity contribution < 1.29 is 19.3 Å². The summed E-state index contributed by atoms with van der Waals surface area (Å²) in [4.78, 5) is 24.9. The van der Waals surface area contributed by atoms with Crippen LogP contribution in [-0.2, 0) is 14.3 Å². The Labute approximate surface area is 102 Å². The maximum Gasteiger partial charge on any atom is 0.376 e. The summed E-state index contributed by atoms with van der Waals surface area (Å²) >= 11 is 0. The average molecular weight is 241 g/mol. The number of piperidine rings is 1. The van der Waals surface area contributed by atoms with Crippen LogP contribution in [0.15, 0.2) is 0 Å². The first kappa shape index (κ1) is 14.3. The Kier molecular flexibility index (Phi) is 4.85. The standard InChI is InChI=1S/C11H20BNO4/c1-9(14)8-10(15)11(17-3)4-6-13(7-5-11)12(2)16/h16H,4-8H2,1-3H3. The van der Waals surface area contributed by atoms with Crippen LogP contribution in [-0.4, -0.2) is 54.3 Å². The molecule has 1 aliphatic rings. The van der Waals surface area contributed by atoms with Gasteiger partial charge in [-0.2, -0.15) is 0 Å². The summed E-state index contributed by atoms with van der Waals surface area (Å²) in [7, 11) is 1.00. The third-order valence-electron chi connectivity index (χ3n) is 3.44. The SMILES string of the molecule is COC1(C(=O)CC(C)=O)CCN(B(C)O)CC1. The predicted molar refractivity (Wildman–Crippen MR) is 64.7 cm³/mol. The summed E-state index contributed by atoms with van der Waals surface area (Å²) in [5, 5.41) is 9.45. The molecular weight excluding hydrogens is 221 g/mol. The van der Waals surface area contributed by atoms with E-state index in [-0.39, 0.29) is 18.0 Å². The van der Waals surface area contributed by atoms with Gasteiger partial charge in [0.05, 0.1) is 6.42 Å². The largest absolute Gasteiger partial charge is 0.437 e. The van der Waals surface area contributed by atoms with Crippen molar-refractivity contribution >= 4 is 18.6 Å². The van der Waals surface area contributed by atoms with Gasteiger partial charge in [-0.3, -0.25) is 9.59 Å². The van der Waals surface area contributed by atoms with Gasteiger partial charge in [0.15, 0.2) is 5.78 Å². The van der Waals surface area contributed by atoms with E-state index in [9.17, 15) is 14.6 Å². The Morgan fingerprint density at radius 2 is 1.94 bits per heavy atom. The van der Waals surface area contributed by atoms with Crippen LogP contribution in [0.2, 0.25) is 6.82 Å². The maximum absolute atomic E-state index is 12.0. The van der Waals surface area contributed by atoms with Crippen LogP contribution in [0.25, 0.3) is 0 Å². The molecule has 6 heteroatoms. The molecule has 1 heterocycles. The van der Waals surface area contributed by atoms with Crippen LogP contribution in [0.1, 0.15) is 26.2 Å². The number of hydrogen-bond donors (Lipinski definition) is 1. The second-order valence-electron chi connectivity index (χ2n) is 4.67. The van der Waals surface area contributed by atoms with Gasteiger partial charge in [0.25, 0.3) is 0 Å². The van der Waals surface area contributed by atoms with Crippen LogP contribution in [0.3, 0.4) is 0 Å². The topological polar surface area (TPSA) is 66.8 Å². The number of hydrogen-bond acceptors (Lipinski definition) is 5. The molecule has 0 unspecified atom stereocenters. The van der Waals surface area contributed by atoms with E-state index in [4.69, 9.17) is 4.74 Å². The molecule has 0 spiro atoms. The molecule has 1 rings (SSSR count). The quantitative estimate of drug-likeness (QED) is 0.547. The molecule has 0 amide bonds. The van der Waals surface area contributed by atoms with Gasteiger partial charge >= 0.3 is 7.05 Å². The van der Waals surface area contributed by atoms with E-state index < -0.39 is 12.7 Å². The normalized spacial score (nSPS) is 20.0. The van der Waals surface area contributed by atoms with Crippen LogP contribution >= 0.6 is 0 Å². The molecule has 0 radical (unpaired) electrons. The number of methoxy groups -OCH3 is 1. The van der Waals surface area contributed by atoms with Gasteiger partial charge in [-0.05, 0) is 39.7 Å². The Hall–Kier alpha value is -0.715. The third-order valence-corrected chi connectivity index (χ3v) is 3.44. The molecule has 0 aromatic rings. The van der Waals surface area contributed by atoms with E-state index in [1.54, 1.807) is 6.82 Å². The van der Waals surface area contributed by atoms with Gasteiger partial charge in [-0.25, -0.2) is 0 Å². The molecule has 0 aliphatic carbocycles. The Morgan fingerprint density at radius 1 is 1.41 bits per heavy atom. The van der Waals surface area contributed by atoms with Crippen molar-refractivity contribution in [3.05, 3.63) is 0 Å². The van der Waals surface area contributed by atoms with Gasteiger partial charge in [0.1, 0.15) is 11.4 Å². The Morgan fingerprint density at radius 3 is 2.29 bits per heavy atom. The third kappa shape index (κ3) is 3.37. The van der Waals surface area contributed by atoms with Gasteiger partial charge in [-0.15, -0.1) is 0 Å². The van der Waals surface area contributed by atoms with Crippen molar-refractivity contribution in [2.24, 2.45) is 0 Å². The number of ether oxygens (including phenoxy) is 1. The summed E-state index contributed by atoms with van der Waals surface area (Å²) in [6.07, 6.45) is 0.990. The minimum Gasteiger partial charge on any atom is -0.437 e. The molecule has 0 aromatic heterocycles. The van der Waals surface area contributed by atoms with Crippen molar-refractivity contribution in [2.45, 2.75) is 38.6 Å². The van der Waals surface area contributed by atoms with E-state index in [0.717, 1.165) is 0 Å². The van der Waals surface area contributed by atoms with Crippen LogP contribution in [0, 0.1) is 0 Å². The molecule has 5 nitrogen and oxygen atoms in total. The van der Waals surface area contributed by atoms with Crippen molar-refractivity contribution in [3.8, 4) is 0 Å². The number of carbonyl (C=O) groups is 2. The van der Waals surface area contributed by atoms with E-state index in [1.807, 2.05) is 4.81 Å². The second kappa shape index (κ2) is 5.75. The number of carbonyl (C=O) groups excluding carboxylic acids is 2. The van der Waals surface area contributed by atoms with E-state index in [2.05, 4.69) is 0 Å². The van der Waals surface area contributed by atoms with E-state index in [0.29, 0.717) is 25.9 Å². The lowest BCUT2D eigenvalue weighted by molar-refractivity contribution is -0.147. The summed E-state index contributed by atoms with van der Waals surface area (Å²) in [6, 6.07) is 0. The second-order valence-corrected chi connectivity index (χ2v) is 4.67. The monoisotopic (exact) mass is 241 g/mol. The highest BCUT2D eigenvalue weighted by Gasteiger charge is 2.42. The number of rotatable bonds is 5. The van der Waals surface area contributed by atoms with Crippen molar-refractivity contribution in [1.29, 1.82) is 0 Å². The highest BCUT2D eigenvalue weighted by molar-refractivity contribution is 6.45. The average Bonchev–Trinajstić information content (AvgIpc) is 2.28. The fraction of sp³-hybridized carbons (Fsp3) is 0.818. The lowest BCUT2D eigenvalue weighted by atomic mass is 9.77. The van der Waals surface area contributed by atoms with Crippen molar-refractivity contribution in [2.75, 3.05) is 20.2 Å². The molecule has 1 saturated heterocycles. The maximum atomic E-state index is 12.0. The minimum atomic E-state index is -0.836. The Bertz CT molecular complexity index is 298. The van der Waals surface area contributed by atoms with Gasteiger partial charge in [-0.1, -0.05) is 0 Å². The highest BCUT2D eigenvalue weighted by atomic mass is 16.5. The number of ketones is 2. The molecule has 17 heavy (non-hydrogen) atoms. The smallest absolute Gasteiger partial charge is 0.376 e. The molecule has 1 aliphatic heterocycles. The predicted octanol–water partition coefficient (Wildman–Crippen LogP) is 0.126. The Balaban J connectivity index is 2.66. The zero-order valence-corrected chi connectivity index (χ0v) is 10.7. The fourth-order valence-electron chi connectivity index (χ4n) is 2.24. The zero-order chi connectivity index (χ0) is 13.1. The lowest BCUT2D eigenvalue weighted by Crippen LogP contribution is -2.54. The van der Waals surface area contributed by atoms with Gasteiger partial charge in [0, 0.05) is 7.11 Å². The van der Waals surface area contributed by atoms with Crippen molar-refractivity contribution in [1.82, 2.24) is 4.81 Å². The molecule has 0 aromatic carbocycles. The molecule has 0 bridgehead atoms. The number of Topliss-reactive ketones (excluding diaryl/α,β-unsaturated/α-hetero) is 2. The highest BCUT2D eigenvalue weighted by Crippen LogP contribution is 2.28. The van der Waals surface area contributed by atoms with Crippen LogP contribution < -0.4 is 0 Å². The number of nitrogens with zero attached hydrogens (tertiary/aromatic N) is 1.